The van der Waals surface area contributed by atoms with E-state index in [1.807, 2.05) is 0 Å². The van der Waals surface area contributed by atoms with Crippen LogP contribution in [0.3, 0.4) is 0 Å². The molecule has 0 spiro atoms. The van der Waals surface area contributed by atoms with Crippen molar-refractivity contribution in [2.24, 2.45) is 0 Å². The van der Waals surface area contributed by atoms with E-state index in [9.17, 15) is 19.2 Å². The number of carbonyl (C=O) groups excluding carboxylic acids is 4. The van der Waals surface area contributed by atoms with Gasteiger partial charge in [0.05, 0.1) is 6.61 Å². The van der Waals surface area contributed by atoms with Crippen LogP contribution in [0.2, 0.25) is 0 Å². The molecule has 0 radical (unpaired) electrons. The Morgan fingerprint density at radius 2 is 1.72 bits per heavy atom. The van der Waals surface area contributed by atoms with Crippen molar-refractivity contribution in [2.75, 3.05) is 13.2 Å². The monoisotopic (exact) mass is 400 g/mol. The van der Waals surface area contributed by atoms with E-state index in [1.165, 1.54) is 6.92 Å². The Bertz CT molecular complexity index is 917. The molecule has 1 heterocycles. The summed E-state index contributed by atoms with van der Waals surface area (Å²) >= 11 is 0. The van der Waals surface area contributed by atoms with Gasteiger partial charge in [-0.25, -0.2) is 9.59 Å². The van der Waals surface area contributed by atoms with Crippen molar-refractivity contribution in [3.63, 3.8) is 0 Å². The fraction of sp³-hybridized carbons (Fsp3) is 0.333. The van der Waals surface area contributed by atoms with Gasteiger partial charge < -0.3 is 19.8 Å². The molecule has 8 heteroatoms. The van der Waals surface area contributed by atoms with Gasteiger partial charge in [-0.2, -0.15) is 0 Å². The van der Waals surface area contributed by atoms with E-state index in [4.69, 9.17) is 9.47 Å². The first-order valence-electron chi connectivity index (χ1n) is 9.18. The van der Waals surface area contributed by atoms with Gasteiger partial charge in [0.15, 0.2) is 6.61 Å². The number of hydrogen-bond donors (Lipinski definition) is 2. The first-order chi connectivity index (χ1) is 13.8. The van der Waals surface area contributed by atoms with Gasteiger partial charge in [-0.15, -0.1) is 0 Å². The smallest absolute Gasteiger partial charge is 0.355 e. The molecular weight excluding hydrogens is 376 g/mol. The summed E-state index contributed by atoms with van der Waals surface area (Å²) in [7, 11) is 0. The number of ether oxygens (including phenoxy) is 2. The van der Waals surface area contributed by atoms with E-state index in [-0.39, 0.29) is 17.9 Å². The Balaban J connectivity index is 1.97. The topological polar surface area (TPSA) is 115 Å². The van der Waals surface area contributed by atoms with Gasteiger partial charge in [-0.05, 0) is 45.4 Å². The van der Waals surface area contributed by atoms with Crippen LogP contribution < -0.4 is 5.32 Å². The highest BCUT2D eigenvalue weighted by atomic mass is 16.5. The number of aryl methyl sites for hydroxylation is 1. The summed E-state index contributed by atoms with van der Waals surface area (Å²) in [5.41, 5.74) is 1.81. The van der Waals surface area contributed by atoms with E-state index in [2.05, 4.69) is 10.3 Å². The molecule has 2 N–H and O–H groups in total. The zero-order valence-corrected chi connectivity index (χ0v) is 16.8. The maximum absolute atomic E-state index is 12.5. The third-order valence-electron chi connectivity index (χ3n) is 4.28. The number of carbonyl (C=O) groups is 4. The Morgan fingerprint density at radius 3 is 2.34 bits per heavy atom. The summed E-state index contributed by atoms with van der Waals surface area (Å²) in [4.78, 5) is 51.5. The van der Waals surface area contributed by atoms with Crippen molar-refractivity contribution in [1.29, 1.82) is 0 Å². The average Bonchev–Trinajstić information content (AvgIpc) is 3.00. The molecule has 1 amide bonds. The standard InChI is InChI=1S/C21H24N2O6/c1-5-28-21(27)18-12(2)17(13(3)22-18)16(24)11-29-20(26)14(4)23-19(25)15-9-7-6-8-10-15/h6-10,14,22H,5,11H2,1-4H3,(H,23,25)/t14-/m0/s1. The SMILES string of the molecule is CCOC(=O)c1[nH]c(C)c(C(=O)COC(=O)[C@H](C)NC(=O)c2ccccc2)c1C. The molecule has 0 saturated carbocycles. The van der Waals surface area contributed by atoms with Crippen LogP contribution in [0.4, 0.5) is 0 Å². The van der Waals surface area contributed by atoms with Gasteiger partial charge in [0, 0.05) is 16.8 Å². The lowest BCUT2D eigenvalue weighted by Gasteiger charge is -2.13. The number of hydrogen-bond acceptors (Lipinski definition) is 6. The van der Waals surface area contributed by atoms with Crippen molar-refractivity contribution in [1.82, 2.24) is 10.3 Å². The highest BCUT2D eigenvalue weighted by molar-refractivity contribution is 6.04. The third-order valence-corrected chi connectivity index (χ3v) is 4.28. The molecule has 0 saturated heterocycles. The number of esters is 2. The van der Waals surface area contributed by atoms with Gasteiger partial charge in [0.25, 0.3) is 5.91 Å². The minimum atomic E-state index is -0.931. The number of benzene rings is 1. The Morgan fingerprint density at radius 1 is 1.07 bits per heavy atom. The largest absolute Gasteiger partial charge is 0.461 e. The number of amides is 1. The summed E-state index contributed by atoms with van der Waals surface area (Å²) in [5.74, 6) is -2.17. The molecule has 0 aliphatic heterocycles. The lowest BCUT2D eigenvalue weighted by atomic mass is 10.1. The van der Waals surface area contributed by atoms with Crippen LogP contribution in [-0.2, 0) is 14.3 Å². The number of ketones is 1. The van der Waals surface area contributed by atoms with Crippen LogP contribution in [0.5, 0.6) is 0 Å². The molecule has 0 aliphatic carbocycles. The van der Waals surface area contributed by atoms with Gasteiger partial charge in [0.2, 0.25) is 5.78 Å². The van der Waals surface area contributed by atoms with Gasteiger partial charge >= 0.3 is 11.9 Å². The van der Waals surface area contributed by atoms with Crippen LogP contribution >= 0.6 is 0 Å². The first kappa shape index (κ1) is 21.9. The molecule has 2 rings (SSSR count). The second-order valence-electron chi connectivity index (χ2n) is 6.44. The molecule has 0 aliphatic rings. The zero-order valence-electron chi connectivity index (χ0n) is 16.8. The van der Waals surface area contributed by atoms with Crippen molar-refractivity contribution < 1.29 is 28.7 Å². The minimum Gasteiger partial charge on any atom is -0.461 e. The van der Waals surface area contributed by atoms with Crippen LogP contribution in [0.1, 0.15) is 56.3 Å². The van der Waals surface area contributed by atoms with E-state index >= 15 is 0 Å². The number of aromatic amines is 1. The summed E-state index contributed by atoms with van der Waals surface area (Å²) in [5, 5.41) is 2.52. The predicted octanol–water partition coefficient (Wildman–Crippen LogP) is 2.35. The Labute approximate surface area is 168 Å². The lowest BCUT2D eigenvalue weighted by Crippen LogP contribution is -2.40. The number of H-pyrrole nitrogens is 1. The van der Waals surface area contributed by atoms with E-state index in [0.717, 1.165) is 0 Å². The molecule has 29 heavy (non-hydrogen) atoms. The lowest BCUT2D eigenvalue weighted by molar-refractivity contribution is -0.144. The van der Waals surface area contributed by atoms with Gasteiger partial charge in [0.1, 0.15) is 11.7 Å². The van der Waals surface area contributed by atoms with Crippen LogP contribution in [-0.4, -0.2) is 47.9 Å². The summed E-state index contributed by atoms with van der Waals surface area (Å²) in [6, 6.07) is 7.51. The maximum Gasteiger partial charge on any atom is 0.355 e. The van der Waals surface area contributed by atoms with E-state index in [0.29, 0.717) is 16.8 Å². The molecule has 1 aromatic carbocycles. The number of aromatic nitrogens is 1. The third kappa shape index (κ3) is 5.31. The molecule has 1 atom stereocenters. The second-order valence-corrected chi connectivity index (χ2v) is 6.44. The van der Waals surface area contributed by atoms with Gasteiger partial charge in [-0.3, -0.25) is 9.59 Å². The quantitative estimate of drug-likeness (QED) is 0.519. The molecule has 8 nitrogen and oxygen atoms in total. The normalized spacial score (nSPS) is 11.4. The average molecular weight is 400 g/mol. The molecular formula is C21H24N2O6. The summed E-state index contributed by atoms with van der Waals surface area (Å²) in [6.07, 6.45) is 0. The van der Waals surface area contributed by atoms with Crippen molar-refractivity contribution >= 4 is 23.6 Å². The maximum atomic E-state index is 12.5. The molecule has 1 aromatic heterocycles. The fourth-order valence-electron chi connectivity index (χ4n) is 2.84. The number of Topliss-reactive ketones (excluding diaryl/α,β-unsaturated/α-hetero) is 1. The highest BCUT2D eigenvalue weighted by Gasteiger charge is 2.24. The molecule has 2 aromatic rings. The Kier molecular flexibility index (Phi) is 7.30. The zero-order chi connectivity index (χ0) is 21.6. The molecule has 0 unspecified atom stereocenters. The van der Waals surface area contributed by atoms with Gasteiger partial charge in [-0.1, -0.05) is 18.2 Å². The second kappa shape index (κ2) is 9.68. The Hall–Kier alpha value is -3.42. The highest BCUT2D eigenvalue weighted by Crippen LogP contribution is 2.19. The minimum absolute atomic E-state index is 0.197. The number of nitrogens with one attached hydrogen (secondary N) is 2. The van der Waals surface area contributed by atoms with Crippen molar-refractivity contribution in [3.8, 4) is 0 Å². The predicted molar refractivity (Wildman–Crippen MR) is 105 cm³/mol. The summed E-state index contributed by atoms with van der Waals surface area (Å²) < 4.78 is 10.0. The van der Waals surface area contributed by atoms with Crippen LogP contribution in [0.25, 0.3) is 0 Å². The molecule has 0 fully saturated rings. The van der Waals surface area contributed by atoms with Crippen molar-refractivity contribution in [3.05, 3.63) is 58.4 Å². The summed E-state index contributed by atoms with van der Waals surface area (Å²) in [6.45, 7) is 6.13. The molecule has 154 valence electrons. The number of rotatable bonds is 8. The van der Waals surface area contributed by atoms with Crippen molar-refractivity contribution in [2.45, 2.75) is 33.7 Å². The van der Waals surface area contributed by atoms with Crippen LogP contribution in [0, 0.1) is 13.8 Å². The molecule has 0 bridgehead atoms. The first-order valence-corrected chi connectivity index (χ1v) is 9.18. The fourth-order valence-corrected chi connectivity index (χ4v) is 2.84. The van der Waals surface area contributed by atoms with Crippen LogP contribution in [0.15, 0.2) is 30.3 Å². The van der Waals surface area contributed by atoms with E-state index in [1.54, 1.807) is 51.1 Å². The van der Waals surface area contributed by atoms with E-state index < -0.39 is 36.3 Å².